The number of halogens is 3. The van der Waals surface area contributed by atoms with Crippen LogP contribution in [0.25, 0.3) is 0 Å². The number of anilines is 1. The molecule has 0 aliphatic carbocycles. The molecule has 2 N–H and O–H groups in total. The second-order valence-electron chi connectivity index (χ2n) is 5.20. The van der Waals surface area contributed by atoms with E-state index >= 15 is 0 Å². The van der Waals surface area contributed by atoms with Crippen LogP contribution < -0.4 is 5.32 Å². The molecule has 0 saturated carbocycles. The molecule has 0 bridgehead atoms. The average molecular weight is 355 g/mol. The molecule has 2 heterocycles. The third kappa shape index (κ3) is 5.48. The number of hydrogen-bond acceptors (Lipinski definition) is 4. The Balaban J connectivity index is 2.19. The molecule has 2 aromatic rings. The number of aliphatic hydroxyl groups is 1. The normalized spacial score (nSPS) is 11.9. The molecule has 0 aromatic carbocycles. The lowest BCUT2D eigenvalue weighted by atomic mass is 10.2. The molecule has 5 nitrogen and oxygen atoms in total. The molecule has 0 aliphatic heterocycles. The largest absolute Gasteiger partial charge is 0.396 e. The molecule has 0 radical (unpaired) electrons. The van der Waals surface area contributed by atoms with Gasteiger partial charge < -0.3 is 10.4 Å². The van der Waals surface area contributed by atoms with Crippen molar-refractivity contribution in [1.29, 1.82) is 0 Å². The number of nitrogens with zero attached hydrogens (tertiary/aromatic N) is 3. The Kier molecular flexibility index (Phi) is 6.53. The Morgan fingerprint density at radius 1 is 1.38 bits per heavy atom. The lowest BCUT2D eigenvalue weighted by Crippen LogP contribution is -2.17. The van der Waals surface area contributed by atoms with Crippen LogP contribution in [-0.2, 0) is 6.54 Å². The molecule has 2 aromatic heterocycles. The summed E-state index contributed by atoms with van der Waals surface area (Å²) in [7, 11) is 0. The first-order chi connectivity index (χ1) is 11.5. The summed E-state index contributed by atoms with van der Waals surface area (Å²) in [4.78, 5) is 4.00. The fraction of sp³-hybridized carbons (Fsp3) is 0.375. The highest BCUT2D eigenvalue weighted by atomic mass is 35.5. The van der Waals surface area contributed by atoms with Crippen LogP contribution in [0.15, 0.2) is 24.7 Å². The van der Waals surface area contributed by atoms with E-state index in [1.165, 1.54) is 18.6 Å². The Labute approximate surface area is 143 Å². The molecule has 0 aliphatic rings. The smallest absolute Gasteiger partial charge is 0.257 e. The van der Waals surface area contributed by atoms with Crippen molar-refractivity contribution in [3.8, 4) is 11.8 Å². The summed E-state index contributed by atoms with van der Waals surface area (Å²) in [6, 6.07) is 1.68. The quantitative estimate of drug-likeness (QED) is 0.618. The van der Waals surface area contributed by atoms with E-state index in [9.17, 15) is 8.78 Å². The van der Waals surface area contributed by atoms with Gasteiger partial charge in [0.2, 0.25) is 0 Å². The van der Waals surface area contributed by atoms with Crippen molar-refractivity contribution in [3.05, 3.63) is 40.9 Å². The first-order valence-corrected chi connectivity index (χ1v) is 7.71. The SMILES string of the molecule is C[C@@H](CCO)Nc1cc(Cl)ncc1C#Cc1cnn(CC(F)F)c1. The van der Waals surface area contributed by atoms with E-state index in [2.05, 4.69) is 27.2 Å². The predicted octanol–water partition coefficient (Wildman–Crippen LogP) is 2.78. The van der Waals surface area contributed by atoms with Crippen LogP contribution in [0.5, 0.6) is 0 Å². The van der Waals surface area contributed by atoms with Gasteiger partial charge >= 0.3 is 0 Å². The van der Waals surface area contributed by atoms with Crippen LogP contribution in [0.1, 0.15) is 24.5 Å². The number of nitrogens with one attached hydrogen (secondary N) is 1. The van der Waals surface area contributed by atoms with Crippen LogP contribution in [-0.4, -0.2) is 38.9 Å². The van der Waals surface area contributed by atoms with Gasteiger partial charge in [-0.05, 0) is 19.4 Å². The minimum atomic E-state index is -2.46. The number of aromatic nitrogens is 3. The van der Waals surface area contributed by atoms with Gasteiger partial charge in [-0.1, -0.05) is 23.4 Å². The highest BCUT2D eigenvalue weighted by molar-refractivity contribution is 6.29. The van der Waals surface area contributed by atoms with Crippen LogP contribution in [0.4, 0.5) is 14.5 Å². The second-order valence-corrected chi connectivity index (χ2v) is 5.59. The highest BCUT2D eigenvalue weighted by Crippen LogP contribution is 2.19. The van der Waals surface area contributed by atoms with E-state index in [1.54, 1.807) is 6.07 Å². The lowest BCUT2D eigenvalue weighted by molar-refractivity contribution is 0.122. The van der Waals surface area contributed by atoms with Crippen molar-refractivity contribution >= 4 is 17.3 Å². The maximum absolute atomic E-state index is 12.3. The Hall–Kier alpha value is -2.17. The van der Waals surface area contributed by atoms with Gasteiger partial charge in [0.25, 0.3) is 6.43 Å². The molecule has 2 rings (SSSR count). The summed E-state index contributed by atoms with van der Waals surface area (Å²) in [6.45, 7) is 1.53. The number of hydrogen-bond donors (Lipinski definition) is 2. The van der Waals surface area contributed by atoms with Crippen molar-refractivity contribution in [3.63, 3.8) is 0 Å². The second kappa shape index (κ2) is 8.62. The molecule has 1 atom stereocenters. The molecular weight excluding hydrogens is 338 g/mol. The number of pyridine rings is 1. The molecule has 0 fully saturated rings. The van der Waals surface area contributed by atoms with Gasteiger partial charge in [-0.2, -0.15) is 5.10 Å². The highest BCUT2D eigenvalue weighted by Gasteiger charge is 2.07. The van der Waals surface area contributed by atoms with Crippen molar-refractivity contribution in [2.24, 2.45) is 0 Å². The first-order valence-electron chi connectivity index (χ1n) is 7.33. The maximum Gasteiger partial charge on any atom is 0.257 e. The number of alkyl halides is 2. The van der Waals surface area contributed by atoms with Crippen molar-refractivity contribution in [2.45, 2.75) is 32.4 Å². The van der Waals surface area contributed by atoms with E-state index in [0.717, 1.165) is 4.68 Å². The summed E-state index contributed by atoms with van der Waals surface area (Å²) < 4.78 is 25.8. The monoisotopic (exact) mass is 354 g/mol. The molecule has 24 heavy (non-hydrogen) atoms. The van der Waals surface area contributed by atoms with Crippen LogP contribution in [0.2, 0.25) is 5.15 Å². The minimum absolute atomic E-state index is 0.0304. The Morgan fingerprint density at radius 3 is 2.88 bits per heavy atom. The average Bonchev–Trinajstić information content (AvgIpc) is 2.93. The van der Waals surface area contributed by atoms with E-state index in [-0.39, 0.29) is 12.6 Å². The van der Waals surface area contributed by atoms with Gasteiger partial charge in [0.15, 0.2) is 0 Å². The van der Waals surface area contributed by atoms with E-state index < -0.39 is 13.0 Å². The van der Waals surface area contributed by atoms with Gasteiger partial charge in [0, 0.05) is 25.0 Å². The van der Waals surface area contributed by atoms with Crippen molar-refractivity contribution < 1.29 is 13.9 Å². The molecule has 128 valence electrons. The Bertz CT molecular complexity index is 739. The summed E-state index contributed by atoms with van der Waals surface area (Å²) in [6.07, 6.45) is 2.54. The Morgan fingerprint density at radius 2 is 2.17 bits per heavy atom. The maximum atomic E-state index is 12.3. The zero-order valence-corrected chi connectivity index (χ0v) is 13.8. The lowest BCUT2D eigenvalue weighted by Gasteiger charge is -2.15. The van der Waals surface area contributed by atoms with Crippen LogP contribution in [0.3, 0.4) is 0 Å². The number of aliphatic hydroxyl groups excluding tert-OH is 1. The zero-order valence-electron chi connectivity index (χ0n) is 13.0. The molecule has 0 saturated heterocycles. The van der Waals surface area contributed by atoms with E-state index in [0.29, 0.717) is 28.4 Å². The van der Waals surface area contributed by atoms with Gasteiger partial charge in [0.1, 0.15) is 11.7 Å². The minimum Gasteiger partial charge on any atom is -0.396 e. The summed E-state index contributed by atoms with van der Waals surface area (Å²) in [5, 5.41) is 16.4. The van der Waals surface area contributed by atoms with Gasteiger partial charge in [0.05, 0.1) is 23.0 Å². The van der Waals surface area contributed by atoms with Gasteiger partial charge in [-0.3, -0.25) is 4.68 Å². The third-order valence-corrected chi connectivity index (χ3v) is 3.34. The standard InChI is InChI=1S/C16H17ClF2N4O/c1-11(4-5-24)22-14-6-15(17)20-8-13(14)3-2-12-7-21-23(9-12)10-16(18)19/h6-9,11,16,24H,4-5,10H2,1H3,(H,20,22)/t11-/m0/s1. The van der Waals surface area contributed by atoms with Crippen LogP contribution in [0, 0.1) is 11.8 Å². The fourth-order valence-electron chi connectivity index (χ4n) is 1.99. The molecule has 0 amide bonds. The van der Waals surface area contributed by atoms with Gasteiger partial charge in [-0.25, -0.2) is 13.8 Å². The summed E-state index contributed by atoms with van der Waals surface area (Å²) >= 11 is 5.91. The fourth-order valence-corrected chi connectivity index (χ4v) is 2.15. The zero-order chi connectivity index (χ0) is 17.5. The van der Waals surface area contributed by atoms with Crippen molar-refractivity contribution in [1.82, 2.24) is 14.8 Å². The van der Waals surface area contributed by atoms with Crippen molar-refractivity contribution in [2.75, 3.05) is 11.9 Å². The summed E-state index contributed by atoms with van der Waals surface area (Å²) in [5.41, 5.74) is 1.84. The topological polar surface area (TPSA) is 63.0 Å². The van der Waals surface area contributed by atoms with Gasteiger partial charge in [-0.15, -0.1) is 0 Å². The molecule has 0 spiro atoms. The molecular formula is C16H17ClF2N4O. The number of rotatable bonds is 6. The predicted molar refractivity (Wildman–Crippen MR) is 88.2 cm³/mol. The molecule has 8 heteroatoms. The third-order valence-electron chi connectivity index (χ3n) is 3.13. The first kappa shape index (κ1) is 18.2. The van der Waals surface area contributed by atoms with E-state index in [4.69, 9.17) is 16.7 Å². The summed E-state index contributed by atoms with van der Waals surface area (Å²) in [5.74, 6) is 5.80. The van der Waals surface area contributed by atoms with Crippen LogP contribution >= 0.6 is 11.6 Å². The van der Waals surface area contributed by atoms with E-state index in [1.807, 2.05) is 6.92 Å². The molecule has 0 unspecified atom stereocenters.